The second kappa shape index (κ2) is 8.17. The Morgan fingerprint density at radius 1 is 1.13 bits per heavy atom. The van der Waals surface area contributed by atoms with E-state index in [1.165, 1.54) is 6.33 Å². The van der Waals surface area contributed by atoms with E-state index in [1.807, 2.05) is 35.0 Å². The highest BCUT2D eigenvalue weighted by Crippen LogP contribution is 2.36. The van der Waals surface area contributed by atoms with Gasteiger partial charge in [-0.15, -0.1) is 0 Å². The molecule has 2 N–H and O–H groups in total. The quantitative estimate of drug-likeness (QED) is 0.427. The van der Waals surface area contributed by atoms with Gasteiger partial charge in [0.05, 0.1) is 33.7 Å². The van der Waals surface area contributed by atoms with E-state index in [2.05, 4.69) is 25.6 Å². The van der Waals surface area contributed by atoms with Crippen molar-refractivity contribution in [1.29, 1.82) is 0 Å². The Morgan fingerprint density at radius 2 is 2.00 bits per heavy atom. The zero-order valence-corrected chi connectivity index (χ0v) is 17.9. The summed E-state index contributed by atoms with van der Waals surface area (Å²) in [6.45, 7) is 0.476. The van der Waals surface area contributed by atoms with E-state index in [1.54, 1.807) is 18.2 Å². The minimum atomic E-state index is 0.0165. The molecule has 9 heteroatoms. The summed E-state index contributed by atoms with van der Waals surface area (Å²) >= 11 is 12.5. The Labute approximate surface area is 188 Å². The molecule has 0 radical (unpaired) electrons. The number of hydrogen-bond donors (Lipinski definition) is 2. The van der Waals surface area contributed by atoms with Crippen LogP contribution < -0.4 is 10.6 Å². The molecular weight excluding hydrogens is 435 g/mol. The van der Waals surface area contributed by atoms with Gasteiger partial charge in [-0.25, -0.2) is 15.0 Å². The number of carbonyl (C=O) groups excluding carboxylic acids is 1. The fraction of sp³-hybridized carbons (Fsp3) is 0.182. The molecule has 0 spiro atoms. The Hall–Kier alpha value is -3.16. The minimum Gasteiger partial charge on any atom is -0.364 e. The van der Waals surface area contributed by atoms with Crippen LogP contribution in [0.4, 0.5) is 11.5 Å². The topological polar surface area (TPSA) is 84.2 Å². The van der Waals surface area contributed by atoms with Crippen LogP contribution in [-0.2, 0) is 11.3 Å². The van der Waals surface area contributed by atoms with Crippen molar-refractivity contribution in [1.82, 2.24) is 19.4 Å². The highest BCUT2D eigenvalue weighted by atomic mass is 35.5. The molecule has 0 aliphatic heterocycles. The molecule has 3 aromatic heterocycles. The van der Waals surface area contributed by atoms with Crippen LogP contribution in [0.2, 0.25) is 10.0 Å². The molecular formula is C22H18Cl2N6O. The number of amides is 1. The minimum absolute atomic E-state index is 0.0165. The van der Waals surface area contributed by atoms with E-state index in [4.69, 9.17) is 23.2 Å². The first kappa shape index (κ1) is 19.8. The summed E-state index contributed by atoms with van der Waals surface area (Å²) in [5, 5.41) is 7.40. The van der Waals surface area contributed by atoms with E-state index in [0.29, 0.717) is 39.4 Å². The van der Waals surface area contributed by atoms with Gasteiger partial charge in [-0.1, -0.05) is 29.3 Å². The number of anilines is 2. The van der Waals surface area contributed by atoms with Gasteiger partial charge in [-0.2, -0.15) is 0 Å². The largest absolute Gasteiger partial charge is 0.364 e. The maximum Gasteiger partial charge on any atom is 0.227 e. The van der Waals surface area contributed by atoms with Crippen LogP contribution in [0.3, 0.4) is 0 Å². The maximum absolute atomic E-state index is 12.3. The lowest BCUT2D eigenvalue weighted by Gasteiger charge is -2.13. The number of aromatic nitrogens is 4. The first-order chi connectivity index (χ1) is 15.1. The predicted molar refractivity (Wildman–Crippen MR) is 121 cm³/mol. The standard InChI is InChI=1S/C22H18Cl2N6O/c23-14-6-7-20-28-15(11-30(20)10-14)9-25-19-8-18(26-12-27-19)21-16(24)2-1-3-17(21)29-22(31)13-4-5-13/h1-3,6-8,10-13H,4-5,9H2,(H,29,31)(H,25,26,27). The molecule has 7 nitrogen and oxygen atoms in total. The number of rotatable bonds is 6. The van der Waals surface area contributed by atoms with Crippen molar-refractivity contribution in [3.63, 3.8) is 0 Å². The number of pyridine rings is 1. The SMILES string of the molecule is O=C(Nc1cccc(Cl)c1-c1cc(NCc2cn3cc(Cl)ccc3n2)ncn1)C1CC1. The molecule has 1 amide bonds. The molecule has 0 saturated heterocycles. The molecule has 0 unspecified atom stereocenters. The van der Waals surface area contributed by atoms with Gasteiger partial charge in [-0.05, 0) is 37.1 Å². The second-order valence-electron chi connectivity index (χ2n) is 7.41. The van der Waals surface area contributed by atoms with Crippen LogP contribution in [-0.4, -0.2) is 25.3 Å². The normalized spacial score (nSPS) is 13.4. The second-order valence-corrected chi connectivity index (χ2v) is 8.26. The number of hydrogen-bond acceptors (Lipinski definition) is 5. The smallest absolute Gasteiger partial charge is 0.227 e. The van der Waals surface area contributed by atoms with Crippen molar-refractivity contribution in [3.8, 4) is 11.3 Å². The zero-order valence-electron chi connectivity index (χ0n) is 16.3. The summed E-state index contributed by atoms with van der Waals surface area (Å²) < 4.78 is 1.88. The van der Waals surface area contributed by atoms with E-state index < -0.39 is 0 Å². The summed E-state index contributed by atoms with van der Waals surface area (Å²) in [5.41, 5.74) is 3.60. The Balaban J connectivity index is 1.38. The summed E-state index contributed by atoms with van der Waals surface area (Å²) in [6.07, 6.45) is 7.05. The highest BCUT2D eigenvalue weighted by molar-refractivity contribution is 6.34. The van der Waals surface area contributed by atoms with Crippen LogP contribution in [0.1, 0.15) is 18.5 Å². The lowest BCUT2D eigenvalue weighted by Crippen LogP contribution is -2.14. The Bertz CT molecular complexity index is 1280. The van der Waals surface area contributed by atoms with Crippen LogP contribution >= 0.6 is 23.2 Å². The van der Waals surface area contributed by atoms with Gasteiger partial charge >= 0.3 is 0 Å². The molecule has 5 rings (SSSR count). The van der Waals surface area contributed by atoms with Gasteiger partial charge in [0.25, 0.3) is 0 Å². The monoisotopic (exact) mass is 452 g/mol. The highest BCUT2D eigenvalue weighted by Gasteiger charge is 2.30. The molecule has 156 valence electrons. The average Bonchev–Trinajstić information content (AvgIpc) is 3.53. The molecule has 1 aromatic carbocycles. The van der Waals surface area contributed by atoms with Gasteiger partial charge in [0.15, 0.2) is 0 Å². The number of carbonyl (C=O) groups is 1. The molecule has 1 aliphatic rings. The predicted octanol–water partition coefficient (Wildman–Crippen LogP) is 5.06. The first-order valence-electron chi connectivity index (χ1n) is 9.85. The maximum atomic E-state index is 12.3. The summed E-state index contributed by atoms with van der Waals surface area (Å²) in [5.74, 6) is 0.733. The lowest BCUT2D eigenvalue weighted by atomic mass is 10.1. The molecule has 1 fully saturated rings. The van der Waals surface area contributed by atoms with E-state index in [0.717, 1.165) is 24.2 Å². The number of imidazole rings is 1. The number of fused-ring (bicyclic) bond motifs is 1. The van der Waals surface area contributed by atoms with Crippen molar-refractivity contribution in [2.24, 2.45) is 5.92 Å². The van der Waals surface area contributed by atoms with Crippen LogP contribution in [0.15, 0.2) is 55.1 Å². The lowest BCUT2D eigenvalue weighted by molar-refractivity contribution is -0.117. The van der Waals surface area contributed by atoms with Gasteiger partial charge in [0.2, 0.25) is 5.91 Å². The average molecular weight is 453 g/mol. The number of nitrogens with one attached hydrogen (secondary N) is 2. The third-order valence-corrected chi connectivity index (χ3v) is 5.60. The van der Waals surface area contributed by atoms with Crippen molar-refractivity contribution >= 4 is 46.3 Å². The zero-order chi connectivity index (χ0) is 21.4. The number of halogens is 2. The Morgan fingerprint density at radius 3 is 2.84 bits per heavy atom. The number of nitrogens with zero attached hydrogens (tertiary/aromatic N) is 4. The first-order valence-corrected chi connectivity index (χ1v) is 10.6. The molecule has 0 atom stereocenters. The molecule has 4 aromatic rings. The molecule has 0 bridgehead atoms. The Kier molecular flexibility index (Phi) is 5.21. The van der Waals surface area contributed by atoms with Gasteiger partial charge in [0.1, 0.15) is 17.8 Å². The van der Waals surface area contributed by atoms with E-state index in [-0.39, 0.29) is 11.8 Å². The number of benzene rings is 1. The third kappa shape index (κ3) is 4.33. The van der Waals surface area contributed by atoms with Crippen LogP contribution in [0.25, 0.3) is 16.9 Å². The van der Waals surface area contributed by atoms with Crippen molar-refractivity contribution in [3.05, 3.63) is 70.9 Å². The van der Waals surface area contributed by atoms with Gasteiger partial charge in [0, 0.05) is 29.9 Å². The fourth-order valence-corrected chi connectivity index (χ4v) is 3.78. The van der Waals surface area contributed by atoms with Crippen LogP contribution in [0.5, 0.6) is 0 Å². The van der Waals surface area contributed by atoms with Crippen molar-refractivity contribution in [2.45, 2.75) is 19.4 Å². The fourth-order valence-electron chi connectivity index (χ4n) is 3.34. The molecule has 3 heterocycles. The van der Waals surface area contributed by atoms with Crippen molar-refractivity contribution in [2.75, 3.05) is 10.6 Å². The molecule has 31 heavy (non-hydrogen) atoms. The third-order valence-electron chi connectivity index (χ3n) is 5.06. The summed E-state index contributed by atoms with van der Waals surface area (Å²) in [6, 6.07) is 10.9. The summed E-state index contributed by atoms with van der Waals surface area (Å²) in [4.78, 5) is 25.5. The van der Waals surface area contributed by atoms with Crippen LogP contribution in [0, 0.1) is 5.92 Å². The van der Waals surface area contributed by atoms with Gasteiger partial charge < -0.3 is 15.0 Å². The van der Waals surface area contributed by atoms with Gasteiger partial charge in [-0.3, -0.25) is 4.79 Å². The van der Waals surface area contributed by atoms with Crippen molar-refractivity contribution < 1.29 is 4.79 Å². The molecule has 1 aliphatic carbocycles. The van der Waals surface area contributed by atoms with E-state index >= 15 is 0 Å². The summed E-state index contributed by atoms with van der Waals surface area (Å²) in [7, 11) is 0. The molecule has 1 saturated carbocycles. The van der Waals surface area contributed by atoms with E-state index in [9.17, 15) is 4.79 Å².